The lowest BCUT2D eigenvalue weighted by Crippen LogP contribution is -2.11. The number of hydrogen-bond acceptors (Lipinski definition) is 4. The van der Waals surface area contributed by atoms with Crippen LogP contribution in [0.2, 0.25) is 10.0 Å². The Balaban J connectivity index is 2.20. The zero-order valence-electron chi connectivity index (χ0n) is 12.6. The molecule has 124 valence electrons. The van der Waals surface area contributed by atoms with Gasteiger partial charge in [-0.25, -0.2) is 0 Å². The van der Waals surface area contributed by atoms with Crippen LogP contribution in [0.15, 0.2) is 49.1 Å². The highest BCUT2D eigenvalue weighted by Gasteiger charge is 2.15. The van der Waals surface area contributed by atoms with E-state index in [1.54, 1.807) is 24.3 Å². The molecule has 0 atom stereocenters. The van der Waals surface area contributed by atoms with E-state index in [-0.39, 0.29) is 46.0 Å². The SMILES string of the molecule is C=CC(=O)COc1ccccc1CC(=O)c1cc(Cl)c(O)c(Cl)c1. The first kappa shape index (κ1) is 18.0. The summed E-state index contributed by atoms with van der Waals surface area (Å²) in [7, 11) is 0. The van der Waals surface area contributed by atoms with Gasteiger partial charge in [-0.2, -0.15) is 0 Å². The van der Waals surface area contributed by atoms with E-state index in [1.165, 1.54) is 18.2 Å². The molecular weight excluding hydrogens is 351 g/mol. The first-order chi connectivity index (χ1) is 11.4. The maximum Gasteiger partial charge on any atom is 0.192 e. The Hall–Kier alpha value is -2.30. The monoisotopic (exact) mass is 364 g/mol. The smallest absolute Gasteiger partial charge is 0.192 e. The number of phenols is 1. The number of phenolic OH excluding ortho intramolecular Hbond substituents is 1. The number of rotatable bonds is 7. The van der Waals surface area contributed by atoms with Crippen molar-refractivity contribution in [2.75, 3.05) is 6.61 Å². The van der Waals surface area contributed by atoms with Crippen molar-refractivity contribution in [1.82, 2.24) is 0 Å². The molecule has 0 saturated carbocycles. The van der Waals surface area contributed by atoms with Crippen LogP contribution in [0.4, 0.5) is 0 Å². The normalized spacial score (nSPS) is 10.2. The molecule has 2 aromatic rings. The molecule has 0 unspecified atom stereocenters. The van der Waals surface area contributed by atoms with Gasteiger partial charge >= 0.3 is 0 Å². The van der Waals surface area contributed by atoms with Gasteiger partial charge in [0.2, 0.25) is 0 Å². The minimum Gasteiger partial charge on any atom is -0.505 e. The number of ketones is 2. The molecule has 0 fully saturated rings. The summed E-state index contributed by atoms with van der Waals surface area (Å²) in [4.78, 5) is 23.7. The minimum atomic E-state index is -0.262. The highest BCUT2D eigenvalue weighted by atomic mass is 35.5. The lowest BCUT2D eigenvalue weighted by atomic mass is 10.0. The quantitative estimate of drug-likeness (QED) is 0.588. The average molecular weight is 365 g/mol. The van der Waals surface area contributed by atoms with E-state index in [2.05, 4.69) is 6.58 Å². The molecule has 2 rings (SSSR count). The Labute approximate surface area is 149 Å². The van der Waals surface area contributed by atoms with Gasteiger partial charge in [0.15, 0.2) is 23.9 Å². The van der Waals surface area contributed by atoms with Crippen LogP contribution >= 0.6 is 23.2 Å². The summed E-state index contributed by atoms with van der Waals surface area (Å²) in [5.74, 6) is -0.322. The number of aromatic hydroxyl groups is 1. The third-order valence-electron chi connectivity index (χ3n) is 3.26. The lowest BCUT2D eigenvalue weighted by molar-refractivity contribution is -0.116. The zero-order chi connectivity index (χ0) is 17.7. The van der Waals surface area contributed by atoms with Gasteiger partial charge in [-0.1, -0.05) is 48.0 Å². The largest absolute Gasteiger partial charge is 0.505 e. The second-order valence-corrected chi connectivity index (χ2v) is 5.77. The minimum absolute atomic E-state index is 0.00645. The van der Waals surface area contributed by atoms with Crippen LogP contribution < -0.4 is 4.74 Å². The van der Waals surface area contributed by atoms with Crippen molar-refractivity contribution in [1.29, 1.82) is 0 Å². The molecule has 4 nitrogen and oxygen atoms in total. The van der Waals surface area contributed by atoms with Crippen molar-refractivity contribution in [2.24, 2.45) is 0 Å². The molecular formula is C18H14Cl2O4. The zero-order valence-corrected chi connectivity index (χ0v) is 14.1. The predicted molar refractivity (Wildman–Crippen MR) is 93.3 cm³/mol. The Kier molecular flexibility index (Phi) is 6.01. The Bertz CT molecular complexity index is 776. The summed E-state index contributed by atoms with van der Waals surface area (Å²) in [5, 5.41) is 9.57. The predicted octanol–water partition coefficient (Wildman–Crippen LogP) is 4.26. The van der Waals surface area contributed by atoms with E-state index in [0.717, 1.165) is 0 Å². The van der Waals surface area contributed by atoms with Crippen LogP contribution in [0.3, 0.4) is 0 Å². The van der Waals surface area contributed by atoms with E-state index in [1.807, 2.05) is 0 Å². The fourth-order valence-corrected chi connectivity index (χ4v) is 2.49. The summed E-state index contributed by atoms with van der Waals surface area (Å²) in [6.07, 6.45) is 1.21. The van der Waals surface area contributed by atoms with Gasteiger partial charge in [-0.15, -0.1) is 0 Å². The van der Waals surface area contributed by atoms with Crippen molar-refractivity contribution < 1.29 is 19.4 Å². The Morgan fingerprint density at radius 3 is 2.42 bits per heavy atom. The number of carbonyl (C=O) groups is 2. The molecule has 0 aromatic heterocycles. The molecule has 0 spiro atoms. The number of ether oxygens (including phenoxy) is 1. The number of benzene rings is 2. The third kappa shape index (κ3) is 4.37. The maximum absolute atomic E-state index is 12.4. The number of para-hydroxylation sites is 1. The highest BCUT2D eigenvalue weighted by Crippen LogP contribution is 2.33. The van der Waals surface area contributed by atoms with Crippen LogP contribution in [0.1, 0.15) is 15.9 Å². The lowest BCUT2D eigenvalue weighted by Gasteiger charge is -2.10. The summed E-state index contributed by atoms with van der Waals surface area (Å²) in [5.41, 5.74) is 0.902. The summed E-state index contributed by atoms with van der Waals surface area (Å²) < 4.78 is 5.43. The van der Waals surface area contributed by atoms with Crippen molar-refractivity contribution in [2.45, 2.75) is 6.42 Å². The molecule has 0 aliphatic carbocycles. The average Bonchev–Trinajstić information content (AvgIpc) is 2.58. The van der Waals surface area contributed by atoms with E-state index in [4.69, 9.17) is 27.9 Å². The maximum atomic E-state index is 12.4. The molecule has 0 amide bonds. The van der Waals surface area contributed by atoms with Gasteiger partial charge in [0, 0.05) is 17.5 Å². The fourth-order valence-electron chi connectivity index (χ4n) is 2.00. The van der Waals surface area contributed by atoms with Gasteiger partial charge < -0.3 is 9.84 Å². The number of halogens is 2. The second-order valence-electron chi connectivity index (χ2n) is 4.96. The first-order valence-electron chi connectivity index (χ1n) is 6.99. The van der Waals surface area contributed by atoms with Crippen LogP contribution in [-0.2, 0) is 11.2 Å². The number of hydrogen-bond donors (Lipinski definition) is 1. The summed E-state index contributed by atoms with van der Waals surface area (Å²) in [6, 6.07) is 9.63. The van der Waals surface area contributed by atoms with Gasteiger partial charge in [0.1, 0.15) is 5.75 Å². The van der Waals surface area contributed by atoms with Gasteiger partial charge in [-0.05, 0) is 24.3 Å². The van der Waals surface area contributed by atoms with E-state index < -0.39 is 0 Å². The molecule has 0 saturated heterocycles. The molecule has 6 heteroatoms. The van der Waals surface area contributed by atoms with Gasteiger partial charge in [-0.3, -0.25) is 9.59 Å². The molecule has 0 radical (unpaired) electrons. The summed E-state index contributed by atoms with van der Waals surface area (Å²) >= 11 is 11.7. The van der Waals surface area contributed by atoms with Gasteiger partial charge in [0.25, 0.3) is 0 Å². The molecule has 1 N–H and O–H groups in total. The van der Waals surface area contributed by atoms with Crippen LogP contribution in [0.25, 0.3) is 0 Å². The molecule has 24 heavy (non-hydrogen) atoms. The Morgan fingerprint density at radius 2 is 1.79 bits per heavy atom. The van der Waals surface area contributed by atoms with Crippen LogP contribution in [0, 0.1) is 0 Å². The van der Waals surface area contributed by atoms with Crippen LogP contribution in [0.5, 0.6) is 11.5 Å². The van der Waals surface area contributed by atoms with E-state index in [0.29, 0.717) is 11.3 Å². The van der Waals surface area contributed by atoms with Crippen molar-refractivity contribution in [3.05, 3.63) is 70.2 Å². The standard InChI is InChI=1S/C18H14Cl2O4/c1-2-13(21)10-24-17-6-4-3-5-11(17)9-16(22)12-7-14(19)18(23)15(20)8-12/h2-8,23H,1,9-10H2. The molecule has 0 aliphatic heterocycles. The molecule has 2 aromatic carbocycles. The van der Waals surface area contributed by atoms with E-state index in [9.17, 15) is 14.7 Å². The Morgan fingerprint density at radius 1 is 1.17 bits per heavy atom. The number of carbonyl (C=O) groups excluding carboxylic acids is 2. The molecule has 0 aliphatic rings. The van der Waals surface area contributed by atoms with Crippen molar-refractivity contribution in [3.63, 3.8) is 0 Å². The van der Waals surface area contributed by atoms with E-state index >= 15 is 0 Å². The molecule has 0 bridgehead atoms. The first-order valence-corrected chi connectivity index (χ1v) is 7.75. The highest BCUT2D eigenvalue weighted by molar-refractivity contribution is 6.37. The van der Waals surface area contributed by atoms with Gasteiger partial charge in [0.05, 0.1) is 10.0 Å². The molecule has 0 heterocycles. The van der Waals surface area contributed by atoms with Crippen molar-refractivity contribution in [3.8, 4) is 11.5 Å². The topological polar surface area (TPSA) is 63.6 Å². The fraction of sp³-hybridized carbons (Fsp3) is 0.111. The van der Waals surface area contributed by atoms with Crippen LogP contribution in [-0.4, -0.2) is 23.3 Å². The third-order valence-corrected chi connectivity index (χ3v) is 3.84. The van der Waals surface area contributed by atoms with Crippen molar-refractivity contribution >= 4 is 34.8 Å². The summed E-state index contributed by atoms with van der Waals surface area (Å²) in [6.45, 7) is 3.23. The second kappa shape index (κ2) is 7.99. The number of Topliss-reactive ketones (excluding diaryl/α,β-unsaturated/α-hetero) is 1.